The van der Waals surface area contributed by atoms with Gasteiger partial charge in [-0.3, -0.25) is 0 Å². The number of allylic oxidation sites excluding steroid dienone is 4. The molecule has 4 aromatic rings. The molecule has 0 radical (unpaired) electrons. The molecule has 4 aromatic carbocycles. The predicted octanol–water partition coefficient (Wildman–Crippen LogP) is 12.8. The average Bonchev–Trinajstić information content (AvgIpc) is 3.65. The quantitative estimate of drug-likeness (QED) is 0.171. The molecule has 0 bridgehead atoms. The zero-order valence-electron chi connectivity index (χ0n) is 32.9. The van der Waals surface area contributed by atoms with Crippen LogP contribution in [-0.4, -0.2) is 3.21 Å². The van der Waals surface area contributed by atoms with Crippen molar-refractivity contribution in [1.82, 2.24) is 0 Å². The standard InChI is InChI=1S/C29H41.C14H11Cl.C5H5.Zr/c1-26(2,3)22-14-18-13-19-15-23(27(4,5)6)25(29(10,11)12)17-21(19)20(18)16-24(22)28(7,8)9;1-11-5-7-12(8-6-11)9-13-3-2-4-14(15)10-13;1-2-4-5-3-1;/h14,16-17H,13H2,1-12H3;2-8,10H,1H3;1-3H,4H2;. The fraction of sp³-hybridized carbons (Fsp3) is 0.396. The fourth-order valence-corrected chi connectivity index (χ4v) is 17.4. The minimum absolute atomic E-state index is 0.0238. The number of halogens is 1. The van der Waals surface area contributed by atoms with E-state index in [2.05, 4.69) is 169 Å². The van der Waals surface area contributed by atoms with Gasteiger partial charge in [0.1, 0.15) is 0 Å². The van der Waals surface area contributed by atoms with Crippen molar-refractivity contribution in [3.63, 3.8) is 0 Å². The van der Waals surface area contributed by atoms with E-state index in [0.717, 1.165) is 17.9 Å². The molecule has 0 amide bonds. The molecule has 0 unspecified atom stereocenters. The van der Waals surface area contributed by atoms with Gasteiger partial charge in [0.15, 0.2) is 0 Å². The van der Waals surface area contributed by atoms with Crippen molar-refractivity contribution in [3.05, 3.63) is 143 Å². The number of rotatable bonds is 4. The zero-order valence-corrected chi connectivity index (χ0v) is 36.1. The molecule has 260 valence electrons. The first-order chi connectivity index (χ1) is 23.2. The van der Waals surface area contributed by atoms with E-state index in [0.29, 0.717) is 0 Å². The maximum atomic E-state index is 6.84. The van der Waals surface area contributed by atoms with Crippen LogP contribution in [0, 0.1) is 6.92 Å². The Kier molecular flexibility index (Phi) is 9.75. The first-order valence-corrected chi connectivity index (χ1v) is 22.6. The van der Waals surface area contributed by atoms with Gasteiger partial charge in [0.2, 0.25) is 0 Å². The van der Waals surface area contributed by atoms with Crippen LogP contribution in [0.15, 0.2) is 88.2 Å². The summed E-state index contributed by atoms with van der Waals surface area (Å²) in [5.41, 5.74) is 16.0. The monoisotopic (exact) mass is 758 g/mol. The Morgan fingerprint density at radius 1 is 0.640 bits per heavy atom. The van der Waals surface area contributed by atoms with E-state index < -0.39 is 21.3 Å². The van der Waals surface area contributed by atoms with E-state index in [4.69, 9.17) is 11.6 Å². The van der Waals surface area contributed by atoms with Crippen LogP contribution < -0.4 is 3.27 Å². The van der Waals surface area contributed by atoms with E-state index in [-0.39, 0.29) is 21.7 Å². The number of fused-ring (bicyclic) bond motifs is 3. The van der Waals surface area contributed by atoms with Gasteiger partial charge in [0.05, 0.1) is 0 Å². The van der Waals surface area contributed by atoms with Crippen LogP contribution >= 0.6 is 11.6 Å². The van der Waals surface area contributed by atoms with Crippen molar-refractivity contribution >= 4 is 18.1 Å². The Hall–Kier alpha value is -2.60. The van der Waals surface area contributed by atoms with Gasteiger partial charge < -0.3 is 0 Å². The van der Waals surface area contributed by atoms with Crippen LogP contribution in [0.4, 0.5) is 0 Å². The van der Waals surface area contributed by atoms with Gasteiger partial charge in [-0.25, -0.2) is 0 Å². The molecule has 0 fully saturated rings. The van der Waals surface area contributed by atoms with Crippen LogP contribution in [0.1, 0.15) is 140 Å². The van der Waals surface area contributed by atoms with Crippen molar-refractivity contribution < 1.29 is 21.3 Å². The topological polar surface area (TPSA) is 0 Å². The van der Waals surface area contributed by atoms with Crippen LogP contribution in [0.3, 0.4) is 0 Å². The Bertz CT molecular complexity index is 2070. The summed E-state index contributed by atoms with van der Waals surface area (Å²) >= 11 is 3.85. The van der Waals surface area contributed by atoms with E-state index in [1.807, 2.05) is 6.07 Å². The molecule has 50 heavy (non-hydrogen) atoms. The summed E-state index contributed by atoms with van der Waals surface area (Å²) in [5, 5.41) is 0.801. The van der Waals surface area contributed by atoms with Gasteiger partial charge in [-0.15, -0.1) is 0 Å². The van der Waals surface area contributed by atoms with E-state index >= 15 is 0 Å². The van der Waals surface area contributed by atoms with Gasteiger partial charge in [-0.2, -0.15) is 0 Å². The van der Waals surface area contributed by atoms with Crippen LogP contribution in [0.5, 0.6) is 0 Å². The maximum absolute atomic E-state index is 6.84. The Morgan fingerprint density at radius 2 is 1.24 bits per heavy atom. The molecular formula is C48H57ClZr. The molecule has 0 N–H and O–H groups in total. The van der Waals surface area contributed by atoms with Gasteiger partial charge in [0, 0.05) is 0 Å². The van der Waals surface area contributed by atoms with E-state index in [1.54, 1.807) is 17.7 Å². The zero-order chi connectivity index (χ0) is 36.6. The first kappa shape index (κ1) is 37.2. The predicted molar refractivity (Wildman–Crippen MR) is 217 cm³/mol. The van der Waals surface area contributed by atoms with Crippen LogP contribution in [-0.2, 0) is 49.3 Å². The SMILES string of the molecule is Cc1ccc(/[C](c2cccc(Cl)c2)=[Zr](\[C]2=CC=CC2)[c]2c3c(cc(C(C)(C)C)c2C(C)(C)C)-c2cc(C(C)(C)C)c(C(C)(C)C)cc2C3)cc1. The normalized spacial score (nSPS) is 15.2. The summed E-state index contributed by atoms with van der Waals surface area (Å²) < 4.78 is 4.87. The molecule has 2 heteroatoms. The summed E-state index contributed by atoms with van der Waals surface area (Å²) in [6.45, 7) is 31.1. The van der Waals surface area contributed by atoms with Crippen molar-refractivity contribution in [1.29, 1.82) is 0 Å². The number of benzene rings is 4. The molecule has 6 rings (SSSR count). The molecule has 0 atom stereocenters. The van der Waals surface area contributed by atoms with Gasteiger partial charge >= 0.3 is 318 Å². The second-order valence-corrected chi connectivity index (χ2v) is 25.2. The molecule has 0 aromatic heterocycles. The van der Waals surface area contributed by atoms with Crippen LogP contribution in [0.2, 0.25) is 5.02 Å². The summed E-state index contributed by atoms with van der Waals surface area (Å²) in [7, 11) is 0. The van der Waals surface area contributed by atoms with Crippen molar-refractivity contribution in [2.24, 2.45) is 0 Å². The second kappa shape index (κ2) is 13.1. The van der Waals surface area contributed by atoms with Crippen molar-refractivity contribution in [2.75, 3.05) is 0 Å². The second-order valence-electron chi connectivity index (χ2n) is 18.9. The Morgan fingerprint density at radius 3 is 1.78 bits per heavy atom. The Labute approximate surface area is 316 Å². The molecule has 0 saturated carbocycles. The Balaban J connectivity index is 1.85. The fourth-order valence-electron chi connectivity index (χ4n) is 8.17. The van der Waals surface area contributed by atoms with Crippen molar-refractivity contribution in [3.8, 4) is 11.1 Å². The summed E-state index contributed by atoms with van der Waals surface area (Å²) in [6, 6.07) is 25.9. The minimum atomic E-state index is -2.99. The molecule has 2 aliphatic rings. The number of hydrogen-bond donors (Lipinski definition) is 0. The van der Waals surface area contributed by atoms with E-state index in [1.165, 1.54) is 53.3 Å². The molecule has 2 aliphatic carbocycles. The van der Waals surface area contributed by atoms with Gasteiger partial charge in [0.25, 0.3) is 0 Å². The van der Waals surface area contributed by atoms with Crippen LogP contribution in [0.25, 0.3) is 11.1 Å². The molecule has 0 aliphatic heterocycles. The van der Waals surface area contributed by atoms with E-state index in [9.17, 15) is 0 Å². The molecule has 0 saturated heterocycles. The average molecular weight is 761 g/mol. The molecule has 0 nitrogen and oxygen atoms in total. The van der Waals surface area contributed by atoms with Crippen molar-refractivity contribution in [2.45, 2.75) is 125 Å². The molecule has 0 spiro atoms. The number of hydrogen-bond acceptors (Lipinski definition) is 0. The summed E-state index contributed by atoms with van der Waals surface area (Å²) in [6.07, 6.45) is 9.19. The van der Waals surface area contributed by atoms with Gasteiger partial charge in [-0.05, 0) is 0 Å². The molecular weight excluding hydrogens is 703 g/mol. The number of aryl methyl sites for hydroxylation is 1. The first-order valence-electron chi connectivity index (χ1n) is 18.5. The third-order valence-electron chi connectivity index (χ3n) is 10.6. The summed E-state index contributed by atoms with van der Waals surface area (Å²) in [5.74, 6) is 0. The summed E-state index contributed by atoms with van der Waals surface area (Å²) in [4.78, 5) is 0. The molecule has 0 heterocycles. The van der Waals surface area contributed by atoms with Gasteiger partial charge in [-0.1, -0.05) is 0 Å². The third kappa shape index (κ3) is 7.09. The third-order valence-corrected chi connectivity index (χ3v) is 18.5.